The molecule has 2 aromatic rings. The summed E-state index contributed by atoms with van der Waals surface area (Å²) in [6.45, 7) is 1.90. The fourth-order valence-corrected chi connectivity index (χ4v) is 4.03. The van der Waals surface area contributed by atoms with Gasteiger partial charge < -0.3 is 4.74 Å². The largest absolute Gasteiger partial charge is 0.473 e. The molecule has 0 bridgehead atoms. The highest BCUT2D eigenvalue weighted by Crippen LogP contribution is 2.27. The molecule has 26 heavy (non-hydrogen) atoms. The number of hydrogen-bond acceptors (Lipinski definition) is 6. The third-order valence-corrected chi connectivity index (χ3v) is 5.79. The molecule has 8 heteroatoms. The second-order valence-corrected chi connectivity index (χ2v) is 8.09. The van der Waals surface area contributed by atoms with Crippen LogP contribution in [0.5, 0.6) is 5.88 Å². The second kappa shape index (κ2) is 7.59. The third kappa shape index (κ3) is 4.50. The van der Waals surface area contributed by atoms with Crippen LogP contribution in [0.3, 0.4) is 0 Å². The van der Waals surface area contributed by atoms with E-state index in [-0.39, 0.29) is 22.7 Å². The Morgan fingerprint density at radius 3 is 2.23 bits per heavy atom. The van der Waals surface area contributed by atoms with Crippen molar-refractivity contribution in [1.29, 1.82) is 0 Å². The van der Waals surface area contributed by atoms with Gasteiger partial charge in [-0.05, 0) is 44.7 Å². The topological polar surface area (TPSA) is 87.5 Å². The van der Waals surface area contributed by atoms with Gasteiger partial charge >= 0.3 is 0 Å². The van der Waals surface area contributed by atoms with Crippen molar-refractivity contribution in [3.63, 3.8) is 0 Å². The molecule has 3 rings (SSSR count). The fraction of sp³-hybridized carbons (Fsp3) is 0.444. The van der Waals surface area contributed by atoms with E-state index in [1.807, 2.05) is 6.92 Å². The van der Waals surface area contributed by atoms with E-state index >= 15 is 0 Å². The van der Waals surface area contributed by atoms with Gasteiger partial charge in [0.2, 0.25) is 5.88 Å². The van der Waals surface area contributed by atoms with Gasteiger partial charge in [-0.1, -0.05) is 17.7 Å². The van der Waals surface area contributed by atoms with Gasteiger partial charge in [0.1, 0.15) is 6.10 Å². The van der Waals surface area contributed by atoms with Crippen LogP contribution in [-0.2, 0) is 21.3 Å². The van der Waals surface area contributed by atoms with Crippen molar-refractivity contribution in [2.45, 2.75) is 49.7 Å². The zero-order valence-electron chi connectivity index (χ0n) is 14.8. The summed E-state index contributed by atoms with van der Waals surface area (Å²) in [5, 5.41) is 4.05. The summed E-state index contributed by atoms with van der Waals surface area (Å²) in [5.74, 6) is 0.392. The minimum Gasteiger partial charge on any atom is -0.473 e. The number of nitrogens with zero attached hydrogens (tertiary/aromatic N) is 2. The number of rotatable bonds is 5. The van der Waals surface area contributed by atoms with E-state index in [1.54, 1.807) is 37.4 Å². The molecule has 0 atom stereocenters. The zero-order valence-corrected chi connectivity index (χ0v) is 15.6. The predicted octanol–water partition coefficient (Wildman–Crippen LogP) is 2.18. The van der Waals surface area contributed by atoms with Gasteiger partial charge in [-0.2, -0.15) is 8.42 Å². The molecule has 0 N–H and O–H groups in total. The average Bonchev–Trinajstić information content (AvgIpc) is 2.60. The van der Waals surface area contributed by atoms with E-state index in [9.17, 15) is 13.2 Å². The van der Waals surface area contributed by atoms with Crippen molar-refractivity contribution in [2.75, 3.05) is 0 Å². The Morgan fingerprint density at radius 2 is 1.62 bits per heavy atom. The maximum absolute atomic E-state index is 12.4. The number of hydrogen-bond donors (Lipinski definition) is 0. The van der Waals surface area contributed by atoms with Crippen LogP contribution in [0.2, 0.25) is 0 Å². The first-order valence-corrected chi connectivity index (χ1v) is 9.95. The summed E-state index contributed by atoms with van der Waals surface area (Å²) >= 11 is 0. The van der Waals surface area contributed by atoms with Crippen LogP contribution in [-0.4, -0.2) is 30.4 Å². The van der Waals surface area contributed by atoms with Gasteiger partial charge in [-0.25, -0.2) is 4.68 Å². The summed E-state index contributed by atoms with van der Waals surface area (Å²) in [4.78, 5) is 11.5. The third-order valence-electron chi connectivity index (χ3n) is 4.42. The summed E-state index contributed by atoms with van der Waals surface area (Å²) < 4.78 is 37.1. The maximum atomic E-state index is 12.4. The second-order valence-electron chi connectivity index (χ2n) is 6.51. The lowest BCUT2D eigenvalue weighted by molar-refractivity contribution is 0.0801. The first-order valence-electron chi connectivity index (χ1n) is 8.54. The Kier molecular flexibility index (Phi) is 5.43. The minimum atomic E-state index is -3.75. The van der Waals surface area contributed by atoms with Crippen molar-refractivity contribution in [2.24, 2.45) is 7.05 Å². The highest BCUT2D eigenvalue weighted by molar-refractivity contribution is 7.86. The number of ether oxygens (including phenoxy) is 1. The zero-order chi connectivity index (χ0) is 18.7. The molecule has 1 aromatic carbocycles. The molecule has 1 heterocycles. The molecule has 0 amide bonds. The number of benzene rings is 1. The monoisotopic (exact) mass is 378 g/mol. The molecule has 1 saturated carbocycles. The van der Waals surface area contributed by atoms with Crippen molar-refractivity contribution in [3.05, 3.63) is 52.3 Å². The van der Waals surface area contributed by atoms with Crippen LogP contribution in [0.4, 0.5) is 0 Å². The maximum Gasteiger partial charge on any atom is 0.297 e. The molecule has 1 aliphatic rings. The van der Waals surface area contributed by atoms with E-state index < -0.39 is 10.1 Å². The highest BCUT2D eigenvalue weighted by atomic mass is 32.2. The van der Waals surface area contributed by atoms with E-state index in [0.717, 1.165) is 5.56 Å². The summed E-state index contributed by atoms with van der Waals surface area (Å²) in [7, 11) is -2.19. The number of aryl methyl sites for hydroxylation is 2. The van der Waals surface area contributed by atoms with Gasteiger partial charge in [0, 0.05) is 19.2 Å². The smallest absolute Gasteiger partial charge is 0.297 e. The first-order chi connectivity index (χ1) is 12.3. The normalized spacial score (nSPS) is 20.7. The lowest BCUT2D eigenvalue weighted by Gasteiger charge is -2.28. The minimum absolute atomic E-state index is 0.0677. The molecular weight excluding hydrogens is 356 g/mol. The Labute approximate surface area is 152 Å². The standard InChI is InChI=1S/C18H22N2O5S/c1-13-3-9-16(10-4-13)26(22,23)25-15-7-5-14(6-8-15)24-17-11-12-18(21)20(2)19-17/h3-4,9-12,14-15H,5-8H2,1-2H3/t14-,15-. The SMILES string of the molecule is Cc1ccc(S(=O)(=O)O[C@H]2CC[C@H](Oc3ccc(=O)n(C)n3)CC2)cc1. The van der Waals surface area contributed by atoms with Crippen molar-refractivity contribution in [1.82, 2.24) is 9.78 Å². The summed E-state index contributed by atoms with van der Waals surface area (Å²) in [5.41, 5.74) is 0.796. The van der Waals surface area contributed by atoms with Crippen molar-refractivity contribution in [3.8, 4) is 5.88 Å². The summed E-state index contributed by atoms with van der Waals surface area (Å²) in [6, 6.07) is 9.58. The molecule has 1 aromatic heterocycles. The Bertz CT molecular complexity index is 913. The molecule has 0 saturated heterocycles. The van der Waals surface area contributed by atoms with Crippen molar-refractivity contribution >= 4 is 10.1 Å². The number of aromatic nitrogens is 2. The van der Waals surface area contributed by atoms with E-state index in [2.05, 4.69) is 5.10 Å². The summed E-state index contributed by atoms with van der Waals surface area (Å²) in [6.07, 6.45) is 2.08. The Hall–Kier alpha value is -2.19. The molecular formula is C18H22N2O5S. The quantitative estimate of drug-likeness (QED) is 0.741. The molecule has 1 aliphatic carbocycles. The predicted molar refractivity (Wildman–Crippen MR) is 95.6 cm³/mol. The average molecular weight is 378 g/mol. The van der Waals surface area contributed by atoms with Gasteiger partial charge in [0.05, 0.1) is 11.0 Å². The van der Waals surface area contributed by atoms with E-state index in [0.29, 0.717) is 31.6 Å². The van der Waals surface area contributed by atoms with Crippen LogP contribution >= 0.6 is 0 Å². The Balaban J connectivity index is 1.55. The lowest BCUT2D eigenvalue weighted by Crippen LogP contribution is -2.30. The van der Waals surface area contributed by atoms with Gasteiger partial charge in [0.15, 0.2) is 0 Å². The van der Waals surface area contributed by atoms with E-state index in [1.165, 1.54) is 10.7 Å². The van der Waals surface area contributed by atoms with Crippen LogP contribution in [0.25, 0.3) is 0 Å². The molecule has 0 unspecified atom stereocenters. The highest BCUT2D eigenvalue weighted by Gasteiger charge is 2.28. The van der Waals surface area contributed by atoms with E-state index in [4.69, 9.17) is 8.92 Å². The molecule has 0 spiro atoms. The van der Waals surface area contributed by atoms with Gasteiger partial charge in [0.25, 0.3) is 15.7 Å². The van der Waals surface area contributed by atoms with Gasteiger partial charge in [-0.15, -0.1) is 5.10 Å². The Morgan fingerprint density at radius 1 is 1.00 bits per heavy atom. The molecule has 140 valence electrons. The van der Waals surface area contributed by atoms with Gasteiger partial charge in [-0.3, -0.25) is 8.98 Å². The van der Waals surface area contributed by atoms with Crippen LogP contribution < -0.4 is 10.3 Å². The van der Waals surface area contributed by atoms with Crippen molar-refractivity contribution < 1.29 is 17.3 Å². The van der Waals surface area contributed by atoms with Crippen LogP contribution in [0.15, 0.2) is 46.1 Å². The van der Waals surface area contributed by atoms with Crippen LogP contribution in [0, 0.1) is 6.92 Å². The first kappa shape index (κ1) is 18.6. The molecule has 7 nitrogen and oxygen atoms in total. The lowest BCUT2D eigenvalue weighted by atomic mass is 9.95. The molecule has 0 aliphatic heterocycles. The molecule has 1 fully saturated rings. The fourth-order valence-electron chi connectivity index (χ4n) is 2.90. The molecule has 0 radical (unpaired) electrons. The van der Waals surface area contributed by atoms with Crippen LogP contribution in [0.1, 0.15) is 31.2 Å².